The highest BCUT2D eigenvalue weighted by atomic mass is 19.4. The lowest BCUT2D eigenvalue weighted by molar-refractivity contribution is -0.192. The smallest absolute Gasteiger partial charge is 0.475 e. The van der Waals surface area contributed by atoms with Gasteiger partial charge in [0.15, 0.2) is 0 Å². The Hall–Kier alpha value is -3.66. The molecule has 1 aromatic heterocycles. The largest absolute Gasteiger partial charge is 0.490 e. The van der Waals surface area contributed by atoms with E-state index in [1.165, 1.54) is 11.1 Å². The molecule has 4 rings (SSSR count). The molecule has 1 aliphatic rings. The number of carboxylic acids is 1. The molecule has 3 aromatic rings. The third-order valence-corrected chi connectivity index (χ3v) is 5.51. The van der Waals surface area contributed by atoms with Crippen molar-refractivity contribution < 1.29 is 32.3 Å². The predicted octanol–water partition coefficient (Wildman–Crippen LogP) is 4.60. The first-order valence-corrected chi connectivity index (χ1v) is 11.0. The van der Waals surface area contributed by atoms with Crippen LogP contribution >= 0.6 is 0 Å². The van der Waals surface area contributed by atoms with Crippen LogP contribution in [0.3, 0.4) is 0 Å². The number of nitrogens with zero attached hydrogens (tertiary/aromatic N) is 2. The van der Waals surface area contributed by atoms with Crippen LogP contribution in [0.25, 0.3) is 11.5 Å². The van der Waals surface area contributed by atoms with Crippen molar-refractivity contribution in [1.29, 1.82) is 0 Å². The summed E-state index contributed by atoms with van der Waals surface area (Å²) in [7, 11) is 0. The van der Waals surface area contributed by atoms with Crippen molar-refractivity contribution in [2.45, 2.75) is 38.5 Å². The Balaban J connectivity index is 0.000000429. The van der Waals surface area contributed by atoms with Gasteiger partial charge in [0.1, 0.15) is 6.26 Å². The molecule has 0 saturated heterocycles. The summed E-state index contributed by atoms with van der Waals surface area (Å²) in [6.07, 6.45) is -1.64. The lowest BCUT2D eigenvalue weighted by Gasteiger charge is -2.19. The van der Waals surface area contributed by atoms with Gasteiger partial charge >= 0.3 is 12.1 Å². The fourth-order valence-electron chi connectivity index (χ4n) is 3.73. The number of nitrogens with one attached hydrogen (secondary N) is 1. The van der Waals surface area contributed by atoms with Crippen molar-refractivity contribution in [2.75, 3.05) is 13.1 Å². The van der Waals surface area contributed by atoms with E-state index in [2.05, 4.69) is 28.5 Å². The lowest BCUT2D eigenvalue weighted by Crippen LogP contribution is -2.29. The minimum Gasteiger partial charge on any atom is -0.475 e. The van der Waals surface area contributed by atoms with Gasteiger partial charge in [0.25, 0.3) is 0 Å². The van der Waals surface area contributed by atoms with Gasteiger partial charge in [-0.15, -0.1) is 0 Å². The molecule has 1 atom stereocenters. The monoisotopic (exact) mass is 489 g/mol. The van der Waals surface area contributed by atoms with Gasteiger partial charge in [-0.3, -0.25) is 4.79 Å². The van der Waals surface area contributed by atoms with E-state index in [0.29, 0.717) is 12.4 Å². The molecule has 186 valence electrons. The molecule has 0 fully saturated rings. The number of aliphatic carboxylic acids is 1. The summed E-state index contributed by atoms with van der Waals surface area (Å²) >= 11 is 0. The van der Waals surface area contributed by atoms with E-state index in [1.807, 2.05) is 41.3 Å². The van der Waals surface area contributed by atoms with Crippen LogP contribution in [-0.4, -0.2) is 46.1 Å². The van der Waals surface area contributed by atoms with E-state index in [9.17, 15) is 18.0 Å². The summed E-state index contributed by atoms with van der Waals surface area (Å²) in [4.78, 5) is 27.3. The molecule has 1 aliphatic heterocycles. The molecule has 1 unspecified atom stereocenters. The normalized spacial score (nSPS) is 15.4. The van der Waals surface area contributed by atoms with Crippen molar-refractivity contribution in [3.8, 4) is 11.5 Å². The van der Waals surface area contributed by atoms with Crippen molar-refractivity contribution >= 4 is 11.9 Å². The SMILES string of the molecule is CC(=O)N1CCC(NCCc2coc(-c3ccccc3)n2)c2ccccc2C1.O=C(O)C(F)(F)F. The summed E-state index contributed by atoms with van der Waals surface area (Å²) in [6.45, 7) is 3.91. The quantitative estimate of drug-likeness (QED) is 0.544. The zero-order valence-electron chi connectivity index (χ0n) is 19.1. The molecule has 0 bridgehead atoms. The van der Waals surface area contributed by atoms with Crippen LogP contribution in [0.5, 0.6) is 0 Å². The average molecular weight is 489 g/mol. The summed E-state index contributed by atoms with van der Waals surface area (Å²) in [6, 6.07) is 18.6. The van der Waals surface area contributed by atoms with E-state index in [0.717, 1.165) is 37.2 Å². The second-order valence-corrected chi connectivity index (χ2v) is 8.00. The maximum absolute atomic E-state index is 11.9. The average Bonchev–Trinajstić information content (AvgIpc) is 3.21. The first-order valence-electron chi connectivity index (χ1n) is 11.0. The molecule has 0 aliphatic carbocycles. The molecular formula is C25H26F3N3O4. The van der Waals surface area contributed by atoms with E-state index < -0.39 is 12.1 Å². The Morgan fingerprint density at radius 3 is 2.46 bits per heavy atom. The van der Waals surface area contributed by atoms with Crippen LogP contribution < -0.4 is 5.32 Å². The highest BCUT2D eigenvalue weighted by Crippen LogP contribution is 2.27. The molecule has 0 spiro atoms. The predicted molar refractivity (Wildman–Crippen MR) is 122 cm³/mol. The number of halogens is 3. The molecule has 2 N–H and O–H groups in total. The van der Waals surface area contributed by atoms with Crippen molar-refractivity contribution in [2.24, 2.45) is 0 Å². The zero-order chi connectivity index (χ0) is 25.4. The van der Waals surface area contributed by atoms with Gasteiger partial charge in [-0.1, -0.05) is 42.5 Å². The molecule has 7 nitrogen and oxygen atoms in total. The number of hydrogen-bond acceptors (Lipinski definition) is 5. The van der Waals surface area contributed by atoms with Crippen molar-refractivity contribution in [3.05, 3.63) is 77.7 Å². The first-order chi connectivity index (χ1) is 16.6. The van der Waals surface area contributed by atoms with Crippen molar-refractivity contribution in [3.63, 3.8) is 0 Å². The maximum atomic E-state index is 11.9. The Labute approximate surface area is 200 Å². The van der Waals surface area contributed by atoms with Gasteiger partial charge in [-0.25, -0.2) is 9.78 Å². The van der Waals surface area contributed by atoms with Crippen LogP contribution in [0.2, 0.25) is 0 Å². The number of benzene rings is 2. The van der Waals surface area contributed by atoms with Crippen LogP contribution in [0.15, 0.2) is 65.3 Å². The molecule has 2 aromatic carbocycles. The number of amides is 1. The fourth-order valence-corrected chi connectivity index (χ4v) is 3.73. The number of rotatable bonds is 5. The second kappa shape index (κ2) is 11.7. The number of carboxylic acid groups (broad SMARTS) is 1. The lowest BCUT2D eigenvalue weighted by atomic mass is 9.99. The van der Waals surface area contributed by atoms with E-state index in [4.69, 9.17) is 14.3 Å². The number of aromatic nitrogens is 1. The highest BCUT2D eigenvalue weighted by Gasteiger charge is 2.38. The van der Waals surface area contributed by atoms with Gasteiger partial charge in [0.05, 0.1) is 5.69 Å². The Kier molecular flexibility index (Phi) is 8.64. The number of fused-ring (bicyclic) bond motifs is 1. The zero-order valence-corrected chi connectivity index (χ0v) is 19.1. The van der Waals surface area contributed by atoms with Gasteiger partial charge in [-0.2, -0.15) is 13.2 Å². The minimum atomic E-state index is -5.08. The summed E-state index contributed by atoms with van der Waals surface area (Å²) < 4.78 is 37.4. The summed E-state index contributed by atoms with van der Waals surface area (Å²) in [5.41, 5.74) is 4.44. The van der Waals surface area contributed by atoms with Gasteiger partial charge in [0.2, 0.25) is 11.8 Å². The number of carbonyl (C=O) groups is 2. The summed E-state index contributed by atoms with van der Waals surface area (Å²) in [5, 5.41) is 10.8. The summed E-state index contributed by atoms with van der Waals surface area (Å²) in [5.74, 6) is -1.97. The second-order valence-electron chi connectivity index (χ2n) is 8.00. The highest BCUT2D eigenvalue weighted by molar-refractivity contribution is 5.73. The Morgan fingerprint density at radius 1 is 1.14 bits per heavy atom. The molecule has 35 heavy (non-hydrogen) atoms. The van der Waals surface area contributed by atoms with Crippen LogP contribution in [0.4, 0.5) is 13.2 Å². The topological polar surface area (TPSA) is 95.7 Å². The van der Waals surface area contributed by atoms with Gasteiger partial charge < -0.3 is 19.7 Å². The van der Waals surface area contributed by atoms with E-state index in [1.54, 1.807) is 13.2 Å². The Bertz CT molecular complexity index is 1130. The molecule has 2 heterocycles. The van der Waals surface area contributed by atoms with Crippen LogP contribution in [0.1, 0.15) is 36.2 Å². The molecule has 10 heteroatoms. The minimum absolute atomic E-state index is 0.131. The Morgan fingerprint density at radius 2 is 1.80 bits per heavy atom. The van der Waals surface area contributed by atoms with Crippen LogP contribution in [0, 0.1) is 0 Å². The molecule has 0 saturated carbocycles. The van der Waals surface area contributed by atoms with Gasteiger partial charge in [0, 0.05) is 44.6 Å². The number of alkyl halides is 3. The maximum Gasteiger partial charge on any atom is 0.490 e. The molecule has 1 amide bonds. The van der Waals surface area contributed by atoms with E-state index in [-0.39, 0.29) is 11.9 Å². The number of carbonyl (C=O) groups excluding carboxylic acids is 1. The number of hydrogen-bond donors (Lipinski definition) is 2. The number of oxazole rings is 1. The first kappa shape index (κ1) is 26.0. The third kappa shape index (κ3) is 7.41. The standard InChI is InChI=1S/C23H25N3O2.C2HF3O2/c1-17(27)26-14-12-22(21-10-6-5-9-19(21)15-26)24-13-11-20-16-28-23(25-20)18-7-3-2-4-8-18;3-2(4,5)1(6)7/h2-10,16,22,24H,11-15H2,1H3;(H,6,7). The van der Waals surface area contributed by atoms with Crippen LogP contribution in [-0.2, 0) is 22.6 Å². The van der Waals surface area contributed by atoms with Gasteiger partial charge in [-0.05, 0) is 29.7 Å². The fraction of sp³-hybridized carbons (Fsp3) is 0.320. The third-order valence-electron chi connectivity index (χ3n) is 5.51. The molecular weight excluding hydrogens is 463 g/mol. The van der Waals surface area contributed by atoms with E-state index >= 15 is 0 Å². The molecule has 0 radical (unpaired) electrons. The van der Waals surface area contributed by atoms with Crippen molar-refractivity contribution in [1.82, 2.24) is 15.2 Å².